The number of nitrogen functional groups attached to an aromatic ring is 1. The van der Waals surface area contributed by atoms with Crippen molar-refractivity contribution in [3.8, 4) is 0 Å². The molecule has 114 valence electrons. The molecule has 1 rings (SSSR count). The summed E-state index contributed by atoms with van der Waals surface area (Å²) in [5.74, 6) is 0.654. The van der Waals surface area contributed by atoms with E-state index in [-0.39, 0.29) is 4.90 Å². The fourth-order valence-electron chi connectivity index (χ4n) is 2.12. The minimum atomic E-state index is -3.52. The lowest BCUT2D eigenvalue weighted by molar-refractivity contribution is 0.530. The molecule has 1 aromatic rings. The van der Waals surface area contributed by atoms with Gasteiger partial charge in [0.15, 0.2) is 0 Å². The molecule has 0 unspecified atom stereocenters. The Kier molecular flexibility index (Phi) is 6.02. The number of benzene rings is 1. The van der Waals surface area contributed by atoms with Crippen LogP contribution in [0.2, 0.25) is 0 Å². The van der Waals surface area contributed by atoms with Gasteiger partial charge in [0.2, 0.25) is 10.0 Å². The van der Waals surface area contributed by atoms with E-state index in [1.165, 1.54) is 0 Å². The van der Waals surface area contributed by atoms with Crippen molar-refractivity contribution in [1.82, 2.24) is 4.72 Å². The van der Waals surface area contributed by atoms with Crippen LogP contribution in [0.3, 0.4) is 0 Å². The number of sulfonamides is 1. The molecule has 0 bridgehead atoms. The third kappa shape index (κ3) is 4.49. The summed E-state index contributed by atoms with van der Waals surface area (Å²) in [6.07, 6.45) is 3.00. The molecule has 0 saturated carbocycles. The zero-order valence-electron chi connectivity index (χ0n) is 12.9. The van der Waals surface area contributed by atoms with Gasteiger partial charge >= 0.3 is 0 Å². The number of unbranched alkanes of at least 4 members (excludes halogenated alkanes) is 1. The topological polar surface area (TPSA) is 72.2 Å². The molecule has 0 aliphatic heterocycles. The number of aryl methyl sites for hydroxylation is 2. The molecule has 0 atom stereocenters. The Morgan fingerprint density at radius 3 is 2.35 bits per heavy atom. The standard InChI is InChI=1S/C15H26N2O2S/c1-11(2)7-5-6-10-17-20(18,19)15-13(4)9-8-12(3)14(15)16/h8-9,11,17H,5-7,10,16H2,1-4H3. The summed E-state index contributed by atoms with van der Waals surface area (Å²) < 4.78 is 27.3. The molecule has 0 fully saturated rings. The van der Waals surface area contributed by atoms with Gasteiger partial charge < -0.3 is 5.73 Å². The maximum Gasteiger partial charge on any atom is 0.242 e. The number of nitrogens with two attached hydrogens (primary N) is 1. The lowest BCUT2D eigenvalue weighted by Gasteiger charge is -2.13. The zero-order chi connectivity index (χ0) is 15.3. The van der Waals surface area contributed by atoms with Crippen LogP contribution in [0, 0.1) is 19.8 Å². The molecule has 0 spiro atoms. The van der Waals surface area contributed by atoms with E-state index in [0.717, 1.165) is 24.8 Å². The average molecular weight is 298 g/mol. The summed E-state index contributed by atoms with van der Waals surface area (Å²) in [4.78, 5) is 0.223. The third-order valence-corrected chi connectivity index (χ3v) is 5.04. The predicted molar refractivity (Wildman–Crippen MR) is 84.2 cm³/mol. The third-order valence-electron chi connectivity index (χ3n) is 3.38. The molecule has 0 heterocycles. The maximum atomic E-state index is 12.3. The van der Waals surface area contributed by atoms with Gasteiger partial charge in [-0.05, 0) is 37.3 Å². The van der Waals surface area contributed by atoms with E-state index in [4.69, 9.17) is 5.73 Å². The normalized spacial score (nSPS) is 12.1. The maximum absolute atomic E-state index is 12.3. The number of anilines is 1. The molecule has 4 nitrogen and oxygen atoms in total. The Morgan fingerprint density at radius 1 is 1.15 bits per heavy atom. The quantitative estimate of drug-likeness (QED) is 0.600. The molecule has 5 heteroatoms. The monoisotopic (exact) mass is 298 g/mol. The summed E-state index contributed by atoms with van der Waals surface area (Å²) >= 11 is 0. The molecular formula is C15H26N2O2S. The molecule has 0 amide bonds. The predicted octanol–water partition coefficient (Wildman–Crippen LogP) is 2.99. The van der Waals surface area contributed by atoms with Gasteiger partial charge in [-0.25, -0.2) is 13.1 Å². The number of hydrogen-bond donors (Lipinski definition) is 2. The average Bonchev–Trinajstić information content (AvgIpc) is 2.33. The van der Waals surface area contributed by atoms with Crippen molar-refractivity contribution in [2.45, 2.75) is 51.9 Å². The van der Waals surface area contributed by atoms with E-state index < -0.39 is 10.0 Å². The van der Waals surface area contributed by atoms with Gasteiger partial charge in [0, 0.05) is 6.54 Å². The number of nitrogens with one attached hydrogen (secondary N) is 1. The zero-order valence-corrected chi connectivity index (χ0v) is 13.7. The van der Waals surface area contributed by atoms with Crippen molar-refractivity contribution >= 4 is 15.7 Å². The first kappa shape index (κ1) is 17.0. The van der Waals surface area contributed by atoms with Crippen molar-refractivity contribution in [3.63, 3.8) is 0 Å². The second-order valence-corrected chi connectivity index (χ2v) is 7.43. The smallest absolute Gasteiger partial charge is 0.242 e. The van der Waals surface area contributed by atoms with Crippen LogP contribution in [-0.4, -0.2) is 15.0 Å². The Labute approximate surface area is 122 Å². The first-order chi connectivity index (χ1) is 9.25. The Bertz CT molecular complexity index is 551. The fraction of sp³-hybridized carbons (Fsp3) is 0.600. The summed E-state index contributed by atoms with van der Waals surface area (Å²) in [6.45, 7) is 8.38. The highest BCUT2D eigenvalue weighted by Crippen LogP contribution is 2.25. The van der Waals surface area contributed by atoms with Crippen molar-refractivity contribution in [3.05, 3.63) is 23.3 Å². The van der Waals surface area contributed by atoms with Crippen molar-refractivity contribution in [2.24, 2.45) is 5.92 Å². The molecular weight excluding hydrogens is 272 g/mol. The van der Waals surface area contributed by atoms with Gasteiger partial charge in [-0.3, -0.25) is 0 Å². The van der Waals surface area contributed by atoms with Gasteiger partial charge in [0.05, 0.1) is 5.69 Å². The van der Waals surface area contributed by atoms with Crippen LogP contribution in [0.4, 0.5) is 5.69 Å². The van der Waals surface area contributed by atoms with E-state index in [1.807, 2.05) is 13.0 Å². The van der Waals surface area contributed by atoms with Crippen molar-refractivity contribution < 1.29 is 8.42 Å². The van der Waals surface area contributed by atoms with Gasteiger partial charge in [0.25, 0.3) is 0 Å². The van der Waals surface area contributed by atoms with E-state index in [1.54, 1.807) is 13.0 Å². The minimum absolute atomic E-state index is 0.223. The van der Waals surface area contributed by atoms with E-state index in [0.29, 0.717) is 23.7 Å². The molecule has 3 N–H and O–H groups in total. The second-order valence-electron chi connectivity index (χ2n) is 5.73. The van der Waals surface area contributed by atoms with Crippen LogP contribution in [0.25, 0.3) is 0 Å². The van der Waals surface area contributed by atoms with Crippen LogP contribution in [0.1, 0.15) is 44.2 Å². The molecule has 0 aliphatic rings. The van der Waals surface area contributed by atoms with Crippen LogP contribution >= 0.6 is 0 Å². The highest BCUT2D eigenvalue weighted by atomic mass is 32.2. The summed E-state index contributed by atoms with van der Waals surface area (Å²) in [7, 11) is -3.52. The van der Waals surface area contributed by atoms with Crippen LogP contribution in [-0.2, 0) is 10.0 Å². The highest BCUT2D eigenvalue weighted by molar-refractivity contribution is 7.89. The van der Waals surface area contributed by atoms with Crippen LogP contribution in [0.5, 0.6) is 0 Å². The van der Waals surface area contributed by atoms with Gasteiger partial charge in [-0.15, -0.1) is 0 Å². The molecule has 20 heavy (non-hydrogen) atoms. The SMILES string of the molecule is Cc1ccc(C)c(S(=O)(=O)NCCCCC(C)C)c1N. The first-order valence-corrected chi connectivity index (χ1v) is 8.59. The molecule has 0 radical (unpaired) electrons. The molecule has 0 aromatic heterocycles. The Balaban J connectivity index is 2.73. The largest absolute Gasteiger partial charge is 0.397 e. The lowest BCUT2D eigenvalue weighted by atomic mass is 10.1. The van der Waals surface area contributed by atoms with E-state index in [9.17, 15) is 8.42 Å². The van der Waals surface area contributed by atoms with Gasteiger partial charge in [-0.1, -0.05) is 38.8 Å². The second kappa shape index (κ2) is 7.09. The molecule has 0 aliphatic carbocycles. The summed E-state index contributed by atoms with van der Waals surface area (Å²) in [6, 6.07) is 3.63. The van der Waals surface area contributed by atoms with Gasteiger partial charge in [-0.2, -0.15) is 0 Å². The summed E-state index contributed by atoms with van der Waals surface area (Å²) in [5, 5.41) is 0. The Morgan fingerprint density at radius 2 is 1.75 bits per heavy atom. The van der Waals surface area contributed by atoms with Crippen molar-refractivity contribution in [2.75, 3.05) is 12.3 Å². The minimum Gasteiger partial charge on any atom is -0.397 e. The number of rotatable bonds is 7. The lowest BCUT2D eigenvalue weighted by Crippen LogP contribution is -2.26. The van der Waals surface area contributed by atoms with Gasteiger partial charge in [0.1, 0.15) is 4.90 Å². The fourth-order valence-corrected chi connectivity index (χ4v) is 3.62. The van der Waals surface area contributed by atoms with E-state index in [2.05, 4.69) is 18.6 Å². The highest BCUT2D eigenvalue weighted by Gasteiger charge is 2.20. The summed E-state index contributed by atoms with van der Waals surface area (Å²) in [5.41, 5.74) is 7.74. The molecule has 0 saturated heterocycles. The van der Waals surface area contributed by atoms with Crippen LogP contribution < -0.4 is 10.5 Å². The van der Waals surface area contributed by atoms with E-state index >= 15 is 0 Å². The first-order valence-electron chi connectivity index (χ1n) is 7.11. The molecule has 1 aromatic carbocycles. The van der Waals surface area contributed by atoms with Crippen LogP contribution in [0.15, 0.2) is 17.0 Å². The van der Waals surface area contributed by atoms with Crippen molar-refractivity contribution in [1.29, 1.82) is 0 Å². The number of hydrogen-bond acceptors (Lipinski definition) is 3. The Hall–Kier alpha value is -1.07.